The largest absolute Gasteiger partial charge is 0.314 e. The van der Waals surface area contributed by atoms with Crippen molar-refractivity contribution in [2.24, 2.45) is 0 Å². The smallest absolute Gasteiger partial charge is 0.282 e. The number of nitrogens with zero attached hydrogens (tertiary/aromatic N) is 3. The lowest BCUT2D eigenvalue weighted by molar-refractivity contribution is 0.110. The molecular formula is C12H24N4O2S. The summed E-state index contributed by atoms with van der Waals surface area (Å²) in [7, 11) is -3.27. The highest BCUT2D eigenvalue weighted by atomic mass is 32.2. The molecule has 110 valence electrons. The molecule has 3 heterocycles. The summed E-state index contributed by atoms with van der Waals surface area (Å²) in [6, 6.07) is 0.531. The van der Waals surface area contributed by atoms with Crippen LogP contribution in [0.3, 0.4) is 0 Å². The summed E-state index contributed by atoms with van der Waals surface area (Å²) in [6.45, 7) is 7.45. The van der Waals surface area contributed by atoms with Crippen LogP contribution in [0, 0.1) is 0 Å². The van der Waals surface area contributed by atoms with E-state index in [4.69, 9.17) is 0 Å². The molecule has 19 heavy (non-hydrogen) atoms. The molecule has 1 N–H and O–H groups in total. The molecule has 0 spiro atoms. The molecule has 0 radical (unpaired) electrons. The summed E-state index contributed by atoms with van der Waals surface area (Å²) in [5, 5.41) is 3.21. The number of rotatable bonds is 2. The van der Waals surface area contributed by atoms with Gasteiger partial charge in [0.2, 0.25) is 0 Å². The first-order valence-electron chi connectivity index (χ1n) is 7.31. The number of fused-ring (bicyclic) bond motifs is 1. The lowest BCUT2D eigenvalue weighted by Crippen LogP contribution is -2.61. The minimum Gasteiger partial charge on any atom is -0.314 e. The van der Waals surface area contributed by atoms with E-state index >= 15 is 0 Å². The van der Waals surface area contributed by atoms with Gasteiger partial charge < -0.3 is 5.32 Å². The maximum Gasteiger partial charge on any atom is 0.282 e. The Morgan fingerprint density at radius 3 is 2.58 bits per heavy atom. The maximum absolute atomic E-state index is 12.7. The predicted molar refractivity (Wildman–Crippen MR) is 74.1 cm³/mol. The number of hydrogen-bond donors (Lipinski definition) is 1. The Balaban J connectivity index is 1.76. The van der Waals surface area contributed by atoms with Gasteiger partial charge >= 0.3 is 0 Å². The highest BCUT2D eigenvalue weighted by Crippen LogP contribution is 2.27. The summed E-state index contributed by atoms with van der Waals surface area (Å²) < 4.78 is 28.9. The van der Waals surface area contributed by atoms with Crippen LogP contribution in [-0.2, 0) is 10.2 Å². The fraction of sp³-hybridized carbons (Fsp3) is 1.00. The zero-order valence-electron chi connectivity index (χ0n) is 11.6. The Kier molecular flexibility index (Phi) is 3.83. The quantitative estimate of drug-likeness (QED) is 0.730. The SMILES string of the molecule is CC1CN2CCCC2CN1S(=O)(=O)N1CCNCC1. The molecule has 0 aromatic heterocycles. The van der Waals surface area contributed by atoms with E-state index in [1.807, 2.05) is 6.92 Å². The first-order valence-corrected chi connectivity index (χ1v) is 8.70. The molecule has 2 unspecified atom stereocenters. The van der Waals surface area contributed by atoms with Crippen LogP contribution in [0.1, 0.15) is 19.8 Å². The van der Waals surface area contributed by atoms with Crippen LogP contribution in [0.15, 0.2) is 0 Å². The maximum atomic E-state index is 12.7. The van der Waals surface area contributed by atoms with E-state index in [2.05, 4.69) is 10.2 Å². The van der Waals surface area contributed by atoms with Gasteiger partial charge in [-0.2, -0.15) is 17.0 Å². The molecule has 2 atom stereocenters. The third kappa shape index (κ3) is 2.54. The van der Waals surface area contributed by atoms with Gasteiger partial charge in [-0.05, 0) is 26.3 Å². The van der Waals surface area contributed by atoms with E-state index in [-0.39, 0.29) is 6.04 Å². The van der Waals surface area contributed by atoms with Gasteiger partial charge in [-0.15, -0.1) is 0 Å². The van der Waals surface area contributed by atoms with Crippen LogP contribution in [-0.4, -0.2) is 79.8 Å². The zero-order valence-corrected chi connectivity index (χ0v) is 12.4. The van der Waals surface area contributed by atoms with Gasteiger partial charge in [0.15, 0.2) is 0 Å². The summed E-state index contributed by atoms with van der Waals surface area (Å²) >= 11 is 0. The molecule has 3 fully saturated rings. The van der Waals surface area contributed by atoms with E-state index in [0.717, 1.165) is 32.6 Å². The summed E-state index contributed by atoms with van der Waals surface area (Å²) in [5.41, 5.74) is 0. The first kappa shape index (κ1) is 13.8. The van der Waals surface area contributed by atoms with Gasteiger partial charge in [0.25, 0.3) is 10.2 Å². The van der Waals surface area contributed by atoms with Gasteiger partial charge in [0.05, 0.1) is 0 Å². The molecule has 6 nitrogen and oxygen atoms in total. The van der Waals surface area contributed by atoms with Crippen LogP contribution in [0.4, 0.5) is 0 Å². The summed E-state index contributed by atoms with van der Waals surface area (Å²) in [6.07, 6.45) is 2.35. The summed E-state index contributed by atoms with van der Waals surface area (Å²) in [4.78, 5) is 2.45. The second-order valence-corrected chi connectivity index (χ2v) is 7.75. The average molecular weight is 288 g/mol. The topological polar surface area (TPSA) is 55.9 Å². The lowest BCUT2D eigenvalue weighted by atomic mass is 10.1. The van der Waals surface area contributed by atoms with Gasteiger partial charge in [-0.25, -0.2) is 0 Å². The van der Waals surface area contributed by atoms with Crippen molar-refractivity contribution in [1.82, 2.24) is 18.8 Å². The second kappa shape index (κ2) is 5.29. The van der Waals surface area contributed by atoms with Crippen molar-refractivity contribution in [1.29, 1.82) is 0 Å². The van der Waals surface area contributed by atoms with Gasteiger partial charge in [0.1, 0.15) is 0 Å². The van der Waals surface area contributed by atoms with Crippen LogP contribution < -0.4 is 5.32 Å². The highest BCUT2D eigenvalue weighted by Gasteiger charge is 2.42. The highest BCUT2D eigenvalue weighted by molar-refractivity contribution is 7.86. The third-order valence-electron chi connectivity index (χ3n) is 4.58. The molecule has 7 heteroatoms. The molecule has 3 saturated heterocycles. The first-order chi connectivity index (χ1) is 9.09. The minimum atomic E-state index is -3.27. The van der Waals surface area contributed by atoms with Gasteiger partial charge in [0, 0.05) is 51.4 Å². The van der Waals surface area contributed by atoms with Crippen molar-refractivity contribution in [3.63, 3.8) is 0 Å². The number of nitrogens with one attached hydrogen (secondary N) is 1. The standard InChI is InChI=1S/C12H24N4O2S/c1-11-9-14-6-2-3-12(14)10-16(11)19(17,18)15-7-4-13-5-8-15/h11-13H,2-10H2,1H3. The summed E-state index contributed by atoms with van der Waals surface area (Å²) in [5.74, 6) is 0. The van der Waals surface area contributed by atoms with E-state index in [1.54, 1.807) is 8.61 Å². The Bertz CT molecular complexity index is 421. The van der Waals surface area contributed by atoms with Crippen LogP contribution in [0.5, 0.6) is 0 Å². The van der Waals surface area contributed by atoms with Crippen molar-refractivity contribution < 1.29 is 8.42 Å². The van der Waals surface area contributed by atoms with Crippen molar-refractivity contribution in [3.8, 4) is 0 Å². The Labute approximate surface area is 115 Å². The lowest BCUT2D eigenvalue weighted by Gasteiger charge is -2.43. The van der Waals surface area contributed by atoms with Crippen LogP contribution in [0.25, 0.3) is 0 Å². The zero-order chi connectivity index (χ0) is 13.5. The molecule has 3 rings (SSSR count). The molecule has 0 bridgehead atoms. The van der Waals surface area contributed by atoms with Crippen molar-refractivity contribution in [3.05, 3.63) is 0 Å². The average Bonchev–Trinajstić information content (AvgIpc) is 2.85. The molecule has 3 aliphatic heterocycles. The Hall–Kier alpha value is -0.210. The number of piperazine rings is 2. The van der Waals surface area contributed by atoms with E-state index < -0.39 is 10.2 Å². The van der Waals surface area contributed by atoms with Crippen molar-refractivity contribution in [2.75, 3.05) is 45.8 Å². The Morgan fingerprint density at radius 2 is 1.84 bits per heavy atom. The van der Waals surface area contributed by atoms with E-state index in [0.29, 0.717) is 25.7 Å². The molecule has 0 aromatic rings. The number of hydrogen-bond acceptors (Lipinski definition) is 4. The predicted octanol–water partition coefficient (Wildman–Crippen LogP) is -0.695. The molecule has 3 aliphatic rings. The van der Waals surface area contributed by atoms with Crippen molar-refractivity contribution >= 4 is 10.2 Å². The van der Waals surface area contributed by atoms with Crippen LogP contribution >= 0.6 is 0 Å². The Morgan fingerprint density at radius 1 is 1.11 bits per heavy atom. The van der Waals surface area contributed by atoms with E-state index in [9.17, 15) is 8.42 Å². The molecule has 0 aromatic carbocycles. The molecule has 0 saturated carbocycles. The van der Waals surface area contributed by atoms with Gasteiger partial charge in [-0.3, -0.25) is 4.90 Å². The normalized spacial score (nSPS) is 35.4. The molecule has 0 amide bonds. The molecule has 0 aliphatic carbocycles. The van der Waals surface area contributed by atoms with E-state index in [1.165, 1.54) is 6.42 Å². The fourth-order valence-corrected chi connectivity index (χ4v) is 5.33. The second-order valence-electron chi connectivity index (χ2n) is 5.87. The minimum absolute atomic E-state index is 0.0919. The fourth-order valence-electron chi connectivity index (χ4n) is 3.51. The monoisotopic (exact) mass is 288 g/mol. The third-order valence-corrected chi connectivity index (χ3v) is 6.70. The molecular weight excluding hydrogens is 264 g/mol. The van der Waals surface area contributed by atoms with Gasteiger partial charge in [-0.1, -0.05) is 0 Å². The van der Waals surface area contributed by atoms with Crippen molar-refractivity contribution in [2.45, 2.75) is 31.8 Å². The van der Waals surface area contributed by atoms with Crippen LogP contribution in [0.2, 0.25) is 0 Å².